The molecule has 3 heteroatoms. The van der Waals surface area contributed by atoms with Crippen molar-refractivity contribution in [2.75, 3.05) is 11.4 Å². The summed E-state index contributed by atoms with van der Waals surface area (Å²) in [5.41, 5.74) is 3.39. The average Bonchev–Trinajstić information content (AvgIpc) is 2.26. The molecule has 0 unspecified atom stereocenters. The van der Waals surface area contributed by atoms with Gasteiger partial charge in [-0.1, -0.05) is 18.5 Å². The molecule has 0 saturated carbocycles. The zero-order valence-electron chi connectivity index (χ0n) is 9.72. The van der Waals surface area contributed by atoms with Crippen LogP contribution in [0.2, 0.25) is 5.02 Å². The van der Waals surface area contributed by atoms with E-state index in [1.807, 2.05) is 30.9 Å². The molecule has 1 aliphatic heterocycles. The van der Waals surface area contributed by atoms with Crippen molar-refractivity contribution in [2.45, 2.75) is 33.1 Å². The van der Waals surface area contributed by atoms with E-state index < -0.39 is 0 Å². The maximum absolute atomic E-state index is 11.9. The number of aryl methyl sites for hydroxylation is 2. The third kappa shape index (κ3) is 1.94. The summed E-state index contributed by atoms with van der Waals surface area (Å²) in [6, 6.07) is 3.92. The molecule has 2 nitrogen and oxygen atoms in total. The molecule has 0 bridgehead atoms. The number of hydrogen-bond acceptors (Lipinski definition) is 1. The average molecular weight is 238 g/mol. The summed E-state index contributed by atoms with van der Waals surface area (Å²) < 4.78 is 0. The van der Waals surface area contributed by atoms with Gasteiger partial charge in [-0.15, -0.1) is 0 Å². The molecule has 0 atom stereocenters. The minimum absolute atomic E-state index is 0.200. The maximum atomic E-state index is 11.9. The van der Waals surface area contributed by atoms with Gasteiger partial charge in [-0.2, -0.15) is 0 Å². The van der Waals surface area contributed by atoms with Gasteiger partial charge in [-0.3, -0.25) is 4.79 Å². The molecule has 0 aromatic heterocycles. The SMILES string of the molecule is CCC(=O)N1CCCc2cc(Cl)cc(C)c21. The molecule has 1 amide bonds. The zero-order valence-corrected chi connectivity index (χ0v) is 10.5. The number of carbonyl (C=O) groups is 1. The van der Waals surface area contributed by atoms with Gasteiger partial charge in [0.25, 0.3) is 0 Å². The van der Waals surface area contributed by atoms with Crippen LogP contribution in [0.25, 0.3) is 0 Å². The molecule has 0 saturated heterocycles. The van der Waals surface area contributed by atoms with Crippen molar-refractivity contribution >= 4 is 23.2 Å². The summed E-state index contributed by atoms with van der Waals surface area (Å²) in [6.45, 7) is 4.76. The number of hydrogen-bond donors (Lipinski definition) is 0. The molecule has 1 aromatic carbocycles. The fraction of sp³-hybridized carbons (Fsp3) is 0.462. The van der Waals surface area contributed by atoms with Crippen LogP contribution in [-0.4, -0.2) is 12.5 Å². The monoisotopic (exact) mass is 237 g/mol. The molecule has 1 aromatic rings. The molecule has 1 heterocycles. The van der Waals surface area contributed by atoms with Crippen LogP contribution in [0.5, 0.6) is 0 Å². The Bertz CT molecular complexity index is 428. The van der Waals surface area contributed by atoms with Crippen molar-refractivity contribution < 1.29 is 4.79 Å². The highest BCUT2D eigenvalue weighted by Crippen LogP contribution is 2.33. The van der Waals surface area contributed by atoms with E-state index in [2.05, 4.69) is 0 Å². The highest BCUT2D eigenvalue weighted by atomic mass is 35.5. The Morgan fingerprint density at radius 3 is 2.94 bits per heavy atom. The Kier molecular flexibility index (Phi) is 3.20. The molecule has 0 fully saturated rings. The molecule has 16 heavy (non-hydrogen) atoms. The van der Waals surface area contributed by atoms with Crippen molar-refractivity contribution in [3.8, 4) is 0 Å². The molecular formula is C13H16ClNO. The van der Waals surface area contributed by atoms with Gasteiger partial charge in [0.15, 0.2) is 0 Å². The van der Waals surface area contributed by atoms with Crippen molar-refractivity contribution in [1.29, 1.82) is 0 Å². The van der Waals surface area contributed by atoms with Crippen molar-refractivity contribution in [1.82, 2.24) is 0 Å². The van der Waals surface area contributed by atoms with Gasteiger partial charge in [-0.05, 0) is 43.0 Å². The minimum atomic E-state index is 0.200. The fourth-order valence-electron chi connectivity index (χ4n) is 2.36. The van der Waals surface area contributed by atoms with E-state index in [4.69, 9.17) is 11.6 Å². The topological polar surface area (TPSA) is 20.3 Å². The van der Waals surface area contributed by atoms with Crippen LogP contribution in [-0.2, 0) is 11.2 Å². The Balaban J connectivity index is 2.49. The Morgan fingerprint density at radius 2 is 2.25 bits per heavy atom. The third-order valence-corrected chi connectivity index (χ3v) is 3.26. The van der Waals surface area contributed by atoms with E-state index >= 15 is 0 Å². The lowest BCUT2D eigenvalue weighted by molar-refractivity contribution is -0.118. The zero-order chi connectivity index (χ0) is 11.7. The van der Waals surface area contributed by atoms with Gasteiger partial charge in [0.1, 0.15) is 0 Å². The number of anilines is 1. The van der Waals surface area contributed by atoms with E-state index in [9.17, 15) is 4.79 Å². The number of carbonyl (C=O) groups excluding carboxylic acids is 1. The Labute approximate surface area is 101 Å². The van der Waals surface area contributed by atoms with Crippen LogP contribution in [0.15, 0.2) is 12.1 Å². The maximum Gasteiger partial charge on any atom is 0.226 e. The predicted octanol–water partition coefficient (Wildman–Crippen LogP) is 3.34. The van der Waals surface area contributed by atoms with Crippen LogP contribution in [0.4, 0.5) is 5.69 Å². The first-order valence-corrected chi connectivity index (χ1v) is 6.10. The lowest BCUT2D eigenvalue weighted by Gasteiger charge is -2.31. The Morgan fingerprint density at radius 1 is 1.50 bits per heavy atom. The molecule has 86 valence electrons. The molecule has 1 aliphatic rings. The van der Waals surface area contributed by atoms with E-state index in [1.54, 1.807) is 0 Å². The van der Waals surface area contributed by atoms with E-state index in [1.165, 1.54) is 5.56 Å². The first-order valence-electron chi connectivity index (χ1n) is 5.73. The molecule has 0 spiro atoms. The lowest BCUT2D eigenvalue weighted by atomic mass is 9.98. The second-order valence-corrected chi connectivity index (χ2v) is 4.67. The molecule has 2 rings (SSSR count). The van der Waals surface area contributed by atoms with Crippen LogP contribution in [0.1, 0.15) is 30.9 Å². The largest absolute Gasteiger partial charge is 0.312 e. The number of fused-ring (bicyclic) bond motifs is 1. The van der Waals surface area contributed by atoms with Gasteiger partial charge in [0.05, 0.1) is 0 Å². The van der Waals surface area contributed by atoms with Gasteiger partial charge < -0.3 is 4.90 Å². The van der Waals surface area contributed by atoms with Gasteiger partial charge in [0, 0.05) is 23.7 Å². The smallest absolute Gasteiger partial charge is 0.226 e. The van der Waals surface area contributed by atoms with Crippen LogP contribution in [0, 0.1) is 6.92 Å². The van der Waals surface area contributed by atoms with E-state index in [0.29, 0.717) is 6.42 Å². The Hall–Kier alpha value is -1.02. The van der Waals surface area contributed by atoms with Crippen LogP contribution in [0.3, 0.4) is 0 Å². The lowest BCUT2D eigenvalue weighted by Crippen LogP contribution is -2.35. The van der Waals surface area contributed by atoms with Crippen molar-refractivity contribution in [3.63, 3.8) is 0 Å². The summed E-state index contributed by atoms with van der Waals surface area (Å²) in [5, 5.41) is 0.766. The predicted molar refractivity (Wildman–Crippen MR) is 67.2 cm³/mol. The second kappa shape index (κ2) is 4.46. The standard InChI is InChI=1S/C13H16ClNO/c1-3-12(16)15-6-4-5-10-8-11(14)7-9(2)13(10)15/h7-8H,3-6H2,1-2H3. The highest BCUT2D eigenvalue weighted by Gasteiger charge is 2.23. The highest BCUT2D eigenvalue weighted by molar-refractivity contribution is 6.30. The first-order chi connectivity index (χ1) is 7.63. The normalized spacial score (nSPS) is 14.8. The number of benzene rings is 1. The number of rotatable bonds is 1. The molecule has 0 aliphatic carbocycles. The fourth-order valence-corrected chi connectivity index (χ4v) is 2.66. The second-order valence-electron chi connectivity index (χ2n) is 4.23. The first kappa shape index (κ1) is 11.5. The summed E-state index contributed by atoms with van der Waals surface area (Å²) in [4.78, 5) is 13.8. The van der Waals surface area contributed by atoms with Crippen LogP contribution >= 0.6 is 11.6 Å². The summed E-state index contributed by atoms with van der Waals surface area (Å²) in [5.74, 6) is 0.200. The molecule has 0 N–H and O–H groups in total. The number of nitrogens with zero attached hydrogens (tertiary/aromatic N) is 1. The van der Waals surface area contributed by atoms with Gasteiger partial charge in [0.2, 0.25) is 5.91 Å². The summed E-state index contributed by atoms with van der Waals surface area (Å²) in [6.07, 6.45) is 2.60. The van der Waals surface area contributed by atoms with E-state index in [-0.39, 0.29) is 5.91 Å². The van der Waals surface area contributed by atoms with Gasteiger partial charge in [-0.25, -0.2) is 0 Å². The van der Waals surface area contributed by atoms with Crippen molar-refractivity contribution in [3.05, 3.63) is 28.3 Å². The van der Waals surface area contributed by atoms with Crippen molar-refractivity contribution in [2.24, 2.45) is 0 Å². The quantitative estimate of drug-likeness (QED) is 0.734. The van der Waals surface area contributed by atoms with E-state index in [0.717, 1.165) is 35.7 Å². The third-order valence-electron chi connectivity index (χ3n) is 3.05. The van der Waals surface area contributed by atoms with Crippen LogP contribution < -0.4 is 4.90 Å². The minimum Gasteiger partial charge on any atom is -0.312 e. The number of halogens is 1. The summed E-state index contributed by atoms with van der Waals surface area (Å²) >= 11 is 6.04. The van der Waals surface area contributed by atoms with Gasteiger partial charge >= 0.3 is 0 Å². The number of amides is 1. The molecular weight excluding hydrogens is 222 g/mol. The summed E-state index contributed by atoms with van der Waals surface area (Å²) in [7, 11) is 0. The molecule has 0 radical (unpaired) electrons.